The Hall–Kier alpha value is -0.590. The lowest BCUT2D eigenvalue weighted by atomic mass is 9.97. The van der Waals surface area contributed by atoms with Gasteiger partial charge in [-0.1, -0.05) is 6.92 Å². The topological polar surface area (TPSA) is 47.3 Å². The van der Waals surface area contributed by atoms with Gasteiger partial charge in [-0.2, -0.15) is 5.26 Å². The summed E-state index contributed by atoms with van der Waals surface area (Å²) in [5.41, 5.74) is 0. The van der Waals surface area contributed by atoms with Crippen LogP contribution in [0.3, 0.4) is 0 Å². The van der Waals surface area contributed by atoms with Crippen LogP contribution in [0.5, 0.6) is 0 Å². The first kappa shape index (κ1) is 9.50. The van der Waals surface area contributed by atoms with Gasteiger partial charge in [-0.05, 0) is 19.3 Å². The van der Waals surface area contributed by atoms with Gasteiger partial charge >= 0.3 is 0 Å². The van der Waals surface area contributed by atoms with Crippen LogP contribution >= 0.6 is 0 Å². The summed E-state index contributed by atoms with van der Waals surface area (Å²) in [6.07, 6.45) is 0.624. The molecule has 0 radical (unpaired) electrons. The molecular formula is C9H16N2O. The Labute approximate surface area is 73.6 Å². The molecule has 3 nitrogen and oxygen atoms in total. The second-order valence-corrected chi connectivity index (χ2v) is 3.75. The van der Waals surface area contributed by atoms with E-state index in [1.165, 1.54) is 0 Å². The number of nitrogens with zero attached hydrogens (tertiary/aromatic N) is 2. The molecule has 3 unspecified atom stereocenters. The lowest BCUT2D eigenvalue weighted by Gasteiger charge is -2.35. The lowest BCUT2D eigenvalue weighted by Crippen LogP contribution is -2.46. The average molecular weight is 168 g/mol. The van der Waals surface area contributed by atoms with E-state index in [9.17, 15) is 5.11 Å². The Kier molecular flexibility index (Phi) is 3.07. The van der Waals surface area contributed by atoms with Crippen molar-refractivity contribution < 1.29 is 5.11 Å². The molecule has 1 fully saturated rings. The molecule has 3 atom stereocenters. The molecule has 12 heavy (non-hydrogen) atoms. The van der Waals surface area contributed by atoms with E-state index in [2.05, 4.69) is 13.0 Å². The maximum absolute atomic E-state index is 9.44. The molecule has 3 heteroatoms. The molecule has 68 valence electrons. The molecule has 1 saturated heterocycles. The lowest BCUT2D eigenvalue weighted by molar-refractivity contribution is 0.0362. The second-order valence-electron chi connectivity index (χ2n) is 3.75. The summed E-state index contributed by atoms with van der Waals surface area (Å²) in [5.74, 6) is 0.504. The van der Waals surface area contributed by atoms with E-state index >= 15 is 0 Å². The number of β-amino-alcohol motifs (C(OH)–C–C–N with tert-alkyl or cyclic N) is 1. The molecule has 0 amide bonds. The van der Waals surface area contributed by atoms with Crippen LogP contribution in [-0.4, -0.2) is 35.2 Å². The molecule has 1 rings (SSSR count). The number of aliphatic hydroxyl groups is 1. The normalized spacial score (nSPS) is 34.2. The minimum atomic E-state index is -0.246. The third-order valence-electron chi connectivity index (χ3n) is 2.40. The van der Waals surface area contributed by atoms with Crippen LogP contribution in [0.1, 0.15) is 20.3 Å². The van der Waals surface area contributed by atoms with Gasteiger partial charge in [0.05, 0.1) is 18.2 Å². The molecule has 0 aliphatic carbocycles. The van der Waals surface area contributed by atoms with Crippen LogP contribution in [0, 0.1) is 17.2 Å². The number of hydrogen-bond donors (Lipinski definition) is 1. The Morgan fingerprint density at radius 1 is 1.58 bits per heavy atom. The highest BCUT2D eigenvalue weighted by Crippen LogP contribution is 2.17. The Bertz CT molecular complexity index is 177. The predicted octanol–water partition coefficient (Wildman–Crippen LogP) is 0.601. The van der Waals surface area contributed by atoms with Gasteiger partial charge in [-0.3, -0.25) is 4.90 Å². The van der Waals surface area contributed by atoms with Crippen molar-refractivity contribution >= 4 is 0 Å². The maximum Gasteiger partial charge on any atom is 0.0950 e. The van der Waals surface area contributed by atoms with Crippen molar-refractivity contribution in [3.8, 4) is 6.07 Å². The number of likely N-dealkylation sites (tertiary alicyclic amines) is 1. The van der Waals surface area contributed by atoms with Gasteiger partial charge in [-0.15, -0.1) is 0 Å². The van der Waals surface area contributed by atoms with Crippen LogP contribution in [0.4, 0.5) is 0 Å². The van der Waals surface area contributed by atoms with E-state index < -0.39 is 0 Å². The van der Waals surface area contributed by atoms with Crippen LogP contribution in [0.15, 0.2) is 0 Å². The molecular weight excluding hydrogens is 152 g/mol. The molecule has 0 aromatic heterocycles. The number of piperidine rings is 1. The van der Waals surface area contributed by atoms with Gasteiger partial charge in [-0.25, -0.2) is 0 Å². The standard InChI is InChI=1S/C9H16N2O/c1-7-3-9(12)6-11(5-7)8(2)4-10/h7-9,12H,3,5-6H2,1-2H3. The smallest absolute Gasteiger partial charge is 0.0950 e. The molecule has 1 aliphatic heterocycles. The van der Waals surface area contributed by atoms with Gasteiger partial charge in [0.15, 0.2) is 0 Å². The third-order valence-corrected chi connectivity index (χ3v) is 2.40. The Morgan fingerprint density at radius 3 is 2.75 bits per heavy atom. The number of hydrogen-bond acceptors (Lipinski definition) is 3. The second kappa shape index (κ2) is 3.88. The van der Waals surface area contributed by atoms with Gasteiger partial charge in [0.2, 0.25) is 0 Å². The first-order valence-electron chi connectivity index (χ1n) is 4.45. The van der Waals surface area contributed by atoms with E-state index in [-0.39, 0.29) is 12.1 Å². The van der Waals surface area contributed by atoms with E-state index in [1.807, 2.05) is 11.8 Å². The summed E-state index contributed by atoms with van der Waals surface area (Å²) in [4.78, 5) is 2.04. The fourth-order valence-corrected chi connectivity index (χ4v) is 1.76. The van der Waals surface area contributed by atoms with Crippen LogP contribution in [-0.2, 0) is 0 Å². The van der Waals surface area contributed by atoms with Crippen molar-refractivity contribution in [3.63, 3.8) is 0 Å². The van der Waals surface area contributed by atoms with Crippen molar-refractivity contribution in [2.75, 3.05) is 13.1 Å². The Balaban J connectivity index is 2.50. The van der Waals surface area contributed by atoms with Crippen LogP contribution < -0.4 is 0 Å². The van der Waals surface area contributed by atoms with Gasteiger partial charge < -0.3 is 5.11 Å². The summed E-state index contributed by atoms with van der Waals surface area (Å²) in [6.45, 7) is 5.58. The van der Waals surface area contributed by atoms with Crippen LogP contribution in [0.2, 0.25) is 0 Å². The van der Waals surface area contributed by atoms with E-state index in [0.29, 0.717) is 12.5 Å². The Morgan fingerprint density at radius 2 is 2.25 bits per heavy atom. The average Bonchev–Trinajstić information content (AvgIpc) is 2.01. The first-order valence-corrected chi connectivity index (χ1v) is 4.45. The zero-order valence-electron chi connectivity index (χ0n) is 7.70. The monoisotopic (exact) mass is 168 g/mol. The summed E-state index contributed by atoms with van der Waals surface area (Å²) in [5, 5.41) is 18.1. The molecule has 0 bridgehead atoms. The fourth-order valence-electron chi connectivity index (χ4n) is 1.76. The predicted molar refractivity (Wildman–Crippen MR) is 46.4 cm³/mol. The van der Waals surface area contributed by atoms with Crippen molar-refractivity contribution in [3.05, 3.63) is 0 Å². The van der Waals surface area contributed by atoms with E-state index in [1.54, 1.807) is 0 Å². The third kappa shape index (κ3) is 2.20. The van der Waals surface area contributed by atoms with Crippen molar-refractivity contribution in [1.82, 2.24) is 4.90 Å². The molecule has 1 heterocycles. The highest BCUT2D eigenvalue weighted by Gasteiger charge is 2.25. The molecule has 1 aliphatic rings. The molecule has 1 N–H and O–H groups in total. The van der Waals surface area contributed by atoms with Gasteiger partial charge in [0.1, 0.15) is 0 Å². The highest BCUT2D eigenvalue weighted by atomic mass is 16.3. The molecule has 0 saturated carbocycles. The number of rotatable bonds is 1. The molecule has 0 aromatic rings. The number of aliphatic hydroxyl groups excluding tert-OH is 1. The summed E-state index contributed by atoms with van der Waals surface area (Å²) in [6, 6.07) is 2.12. The van der Waals surface area contributed by atoms with Crippen molar-refractivity contribution in [2.45, 2.75) is 32.4 Å². The highest BCUT2D eigenvalue weighted by molar-refractivity contribution is 4.91. The number of nitriles is 1. The molecule has 0 spiro atoms. The first-order chi connectivity index (χ1) is 5.63. The van der Waals surface area contributed by atoms with Crippen LogP contribution in [0.25, 0.3) is 0 Å². The summed E-state index contributed by atoms with van der Waals surface area (Å²) >= 11 is 0. The maximum atomic E-state index is 9.44. The zero-order chi connectivity index (χ0) is 9.14. The zero-order valence-corrected chi connectivity index (χ0v) is 7.70. The van der Waals surface area contributed by atoms with Crippen molar-refractivity contribution in [2.24, 2.45) is 5.92 Å². The fraction of sp³-hybridized carbons (Fsp3) is 0.889. The molecule has 0 aromatic carbocycles. The summed E-state index contributed by atoms with van der Waals surface area (Å²) < 4.78 is 0. The van der Waals surface area contributed by atoms with Gasteiger partial charge in [0, 0.05) is 13.1 Å². The van der Waals surface area contributed by atoms with E-state index in [0.717, 1.165) is 13.0 Å². The largest absolute Gasteiger partial charge is 0.392 e. The minimum absolute atomic E-state index is 0.0672. The quantitative estimate of drug-likeness (QED) is 0.623. The summed E-state index contributed by atoms with van der Waals surface area (Å²) in [7, 11) is 0. The minimum Gasteiger partial charge on any atom is -0.392 e. The SMILES string of the molecule is CC1CC(O)CN(C(C)C#N)C1. The van der Waals surface area contributed by atoms with E-state index in [4.69, 9.17) is 5.26 Å². The van der Waals surface area contributed by atoms with Gasteiger partial charge in [0.25, 0.3) is 0 Å². The van der Waals surface area contributed by atoms with Crippen molar-refractivity contribution in [1.29, 1.82) is 5.26 Å².